The van der Waals surface area contributed by atoms with Gasteiger partial charge in [0.2, 0.25) is 0 Å². The van der Waals surface area contributed by atoms with E-state index in [9.17, 15) is 9.59 Å². The molecule has 0 fully saturated rings. The van der Waals surface area contributed by atoms with E-state index in [1.165, 1.54) is 0 Å². The smallest absolute Gasteiger partial charge is 0.159 e. The molecule has 1 aromatic carbocycles. The number of benzene rings is 1. The van der Waals surface area contributed by atoms with Crippen molar-refractivity contribution in [2.45, 2.75) is 6.42 Å². The van der Waals surface area contributed by atoms with Crippen LogP contribution in [0.5, 0.6) is 5.75 Å². The first-order chi connectivity index (χ1) is 7.67. The molecule has 1 aromatic rings. The zero-order valence-corrected chi connectivity index (χ0v) is 9.47. The Bertz CT molecular complexity index is 359. The molecule has 0 bridgehead atoms. The summed E-state index contributed by atoms with van der Waals surface area (Å²) in [6, 6.07) is 7.39. The monoisotopic (exact) mass is 221 g/mol. The average Bonchev–Trinajstić information content (AvgIpc) is 2.29. The normalized spacial score (nSPS) is 9.62. The summed E-state index contributed by atoms with van der Waals surface area (Å²) in [7, 11) is 3.41. The highest BCUT2D eigenvalue weighted by atomic mass is 16.5. The second kappa shape index (κ2) is 5.90. The lowest BCUT2D eigenvalue weighted by Crippen LogP contribution is -2.25. The minimum atomic E-state index is -0.0895. The number of anilines is 1. The van der Waals surface area contributed by atoms with E-state index in [0.717, 1.165) is 11.4 Å². The molecule has 0 saturated heterocycles. The van der Waals surface area contributed by atoms with Gasteiger partial charge in [0.25, 0.3) is 0 Å². The Morgan fingerprint density at radius 1 is 1.38 bits per heavy atom. The third kappa shape index (κ3) is 3.38. The van der Waals surface area contributed by atoms with E-state index >= 15 is 0 Å². The molecule has 16 heavy (non-hydrogen) atoms. The third-order valence-corrected chi connectivity index (χ3v) is 2.24. The number of carbonyl (C=O) groups excluding carboxylic acids is 2. The van der Waals surface area contributed by atoms with E-state index in [-0.39, 0.29) is 18.7 Å². The first-order valence-electron chi connectivity index (χ1n) is 4.98. The lowest BCUT2D eigenvalue weighted by atomic mass is 10.2. The van der Waals surface area contributed by atoms with Gasteiger partial charge in [-0.3, -0.25) is 4.79 Å². The Morgan fingerprint density at radius 2 is 2.00 bits per heavy atom. The third-order valence-electron chi connectivity index (χ3n) is 2.24. The molecule has 86 valence electrons. The summed E-state index contributed by atoms with van der Waals surface area (Å²) in [5.74, 6) is 0.685. The molecule has 0 unspecified atom stereocenters. The molecule has 0 aliphatic heterocycles. The number of ketones is 1. The lowest BCUT2D eigenvalue weighted by Gasteiger charge is -2.18. The average molecular weight is 221 g/mol. The maximum Gasteiger partial charge on any atom is 0.159 e. The molecule has 1 rings (SSSR count). The first kappa shape index (κ1) is 12.2. The van der Waals surface area contributed by atoms with Crippen molar-refractivity contribution in [3.8, 4) is 5.75 Å². The topological polar surface area (TPSA) is 46.6 Å². The number of carbonyl (C=O) groups is 2. The van der Waals surface area contributed by atoms with Gasteiger partial charge >= 0.3 is 0 Å². The van der Waals surface area contributed by atoms with Crippen LogP contribution in [0.3, 0.4) is 0 Å². The van der Waals surface area contributed by atoms with Crippen molar-refractivity contribution in [2.24, 2.45) is 0 Å². The maximum absolute atomic E-state index is 11.3. The van der Waals surface area contributed by atoms with Gasteiger partial charge < -0.3 is 14.4 Å². The molecule has 0 spiro atoms. The van der Waals surface area contributed by atoms with Crippen LogP contribution in [0, 0.1) is 0 Å². The van der Waals surface area contributed by atoms with Crippen molar-refractivity contribution in [1.82, 2.24) is 0 Å². The van der Waals surface area contributed by atoms with Crippen molar-refractivity contribution in [1.29, 1.82) is 0 Å². The van der Waals surface area contributed by atoms with E-state index < -0.39 is 0 Å². The summed E-state index contributed by atoms with van der Waals surface area (Å²) >= 11 is 0. The number of rotatable bonds is 6. The van der Waals surface area contributed by atoms with Gasteiger partial charge in [0.05, 0.1) is 20.1 Å². The van der Waals surface area contributed by atoms with E-state index in [1.54, 1.807) is 12.0 Å². The molecule has 0 N–H and O–H groups in total. The zero-order chi connectivity index (χ0) is 12.0. The molecule has 0 saturated carbocycles. The molecule has 4 heteroatoms. The van der Waals surface area contributed by atoms with Crippen molar-refractivity contribution in [2.75, 3.05) is 25.6 Å². The Morgan fingerprint density at radius 3 is 2.50 bits per heavy atom. The lowest BCUT2D eigenvalue weighted by molar-refractivity contribution is -0.121. The van der Waals surface area contributed by atoms with Crippen molar-refractivity contribution < 1.29 is 14.3 Å². The second-order valence-electron chi connectivity index (χ2n) is 3.46. The van der Waals surface area contributed by atoms with E-state index in [4.69, 9.17) is 4.74 Å². The molecule has 0 amide bonds. The minimum absolute atomic E-state index is 0.0273. The molecule has 0 aliphatic rings. The number of likely N-dealkylation sites (N-methyl/N-ethyl adjacent to an activating group) is 1. The van der Waals surface area contributed by atoms with Crippen LogP contribution in [0.15, 0.2) is 24.3 Å². The maximum atomic E-state index is 11.3. The molecular weight excluding hydrogens is 206 g/mol. The van der Waals surface area contributed by atoms with E-state index in [2.05, 4.69) is 0 Å². The van der Waals surface area contributed by atoms with Crippen LogP contribution in [0.2, 0.25) is 0 Å². The van der Waals surface area contributed by atoms with Crippen LogP contribution in [0.25, 0.3) is 0 Å². The highest BCUT2D eigenvalue weighted by Crippen LogP contribution is 2.17. The highest BCUT2D eigenvalue weighted by Gasteiger charge is 2.06. The number of aldehydes is 1. The van der Waals surface area contributed by atoms with Crippen LogP contribution in [-0.2, 0) is 9.59 Å². The Balaban J connectivity index is 2.61. The summed E-state index contributed by atoms with van der Waals surface area (Å²) in [6.07, 6.45) is 0.602. The molecule has 4 nitrogen and oxygen atoms in total. The first-order valence-corrected chi connectivity index (χ1v) is 4.98. The molecular formula is C12H15NO3. The number of ether oxygens (including phenoxy) is 1. The minimum Gasteiger partial charge on any atom is -0.497 e. The number of hydrogen-bond acceptors (Lipinski definition) is 4. The largest absolute Gasteiger partial charge is 0.497 e. The predicted octanol–water partition coefficient (Wildman–Crippen LogP) is 1.29. The van der Waals surface area contributed by atoms with Crippen LogP contribution in [0.1, 0.15) is 6.42 Å². The summed E-state index contributed by atoms with van der Waals surface area (Å²) in [5.41, 5.74) is 0.917. The van der Waals surface area contributed by atoms with Gasteiger partial charge in [0.15, 0.2) is 5.78 Å². The van der Waals surface area contributed by atoms with Crippen LogP contribution < -0.4 is 9.64 Å². The second-order valence-corrected chi connectivity index (χ2v) is 3.46. The Labute approximate surface area is 94.8 Å². The number of nitrogens with zero attached hydrogens (tertiary/aromatic N) is 1. The van der Waals surface area contributed by atoms with E-state index in [0.29, 0.717) is 6.29 Å². The fourth-order valence-corrected chi connectivity index (χ4v) is 1.35. The summed E-state index contributed by atoms with van der Waals surface area (Å²) in [5, 5.41) is 0. The fourth-order valence-electron chi connectivity index (χ4n) is 1.35. The molecule has 0 radical (unpaired) electrons. The quantitative estimate of drug-likeness (QED) is 0.536. The number of Topliss-reactive ketones (excluding diaryl/α,β-unsaturated/α-hetero) is 1. The zero-order valence-electron chi connectivity index (χ0n) is 9.47. The number of methoxy groups -OCH3 is 1. The van der Waals surface area contributed by atoms with Gasteiger partial charge in [-0.25, -0.2) is 0 Å². The van der Waals surface area contributed by atoms with Crippen molar-refractivity contribution in [3.63, 3.8) is 0 Å². The van der Waals surface area contributed by atoms with Crippen molar-refractivity contribution >= 4 is 17.8 Å². The highest BCUT2D eigenvalue weighted by molar-refractivity contribution is 5.92. The van der Waals surface area contributed by atoms with Crippen LogP contribution in [0.4, 0.5) is 5.69 Å². The van der Waals surface area contributed by atoms with Crippen molar-refractivity contribution in [3.05, 3.63) is 24.3 Å². The van der Waals surface area contributed by atoms with Gasteiger partial charge in [-0.2, -0.15) is 0 Å². The SMILES string of the molecule is COc1ccc(N(C)CC(=O)CC=O)cc1. The van der Waals surface area contributed by atoms with Gasteiger partial charge in [-0.15, -0.1) is 0 Å². The van der Waals surface area contributed by atoms with Gasteiger partial charge in [-0.05, 0) is 24.3 Å². The van der Waals surface area contributed by atoms with Gasteiger partial charge in [-0.1, -0.05) is 0 Å². The van der Waals surface area contributed by atoms with Crippen LogP contribution in [-0.4, -0.2) is 32.8 Å². The molecule has 0 heterocycles. The fraction of sp³-hybridized carbons (Fsp3) is 0.333. The standard InChI is InChI=1S/C12H15NO3/c1-13(9-11(15)7-8-14)10-3-5-12(16-2)6-4-10/h3-6,8H,7,9H2,1-2H3. The summed E-state index contributed by atoms with van der Waals surface area (Å²) < 4.78 is 5.04. The Kier molecular flexibility index (Phi) is 4.51. The van der Waals surface area contributed by atoms with Gasteiger partial charge in [0.1, 0.15) is 12.0 Å². The summed E-state index contributed by atoms with van der Waals surface area (Å²) in [6.45, 7) is 0.241. The van der Waals surface area contributed by atoms with Crippen LogP contribution >= 0.6 is 0 Å². The number of hydrogen-bond donors (Lipinski definition) is 0. The molecule has 0 aliphatic carbocycles. The summed E-state index contributed by atoms with van der Waals surface area (Å²) in [4.78, 5) is 23.2. The van der Waals surface area contributed by atoms with E-state index in [1.807, 2.05) is 31.3 Å². The van der Waals surface area contributed by atoms with Gasteiger partial charge in [0, 0.05) is 12.7 Å². The Hall–Kier alpha value is -1.84. The predicted molar refractivity (Wildman–Crippen MR) is 62.0 cm³/mol. The molecule has 0 aromatic heterocycles. The molecule has 0 atom stereocenters.